The monoisotopic (exact) mass is 1000 g/mol. The van der Waals surface area contributed by atoms with E-state index >= 15 is 0 Å². The number of benzene rings is 3. The van der Waals surface area contributed by atoms with Crippen molar-refractivity contribution < 1.29 is 25.2 Å². The van der Waals surface area contributed by atoms with Crippen molar-refractivity contribution in [2.45, 2.75) is 59.3 Å². The summed E-state index contributed by atoms with van der Waals surface area (Å²) in [7, 11) is -8.07. The zero-order valence-corrected chi connectivity index (χ0v) is 36.2. The predicted octanol–water partition coefficient (Wildman–Crippen LogP) is 7.42. The molecule has 9 fully saturated rings. The summed E-state index contributed by atoms with van der Waals surface area (Å²) in [6.07, 6.45) is 9.60. The van der Waals surface area contributed by atoms with E-state index in [9.17, 15) is 0 Å². The van der Waals surface area contributed by atoms with Gasteiger partial charge in [-0.15, -0.1) is 0 Å². The van der Waals surface area contributed by atoms with E-state index in [2.05, 4.69) is 57.2 Å². The Balaban J connectivity index is 0.000000108. The minimum absolute atomic E-state index is 0.937. The zero-order chi connectivity index (χ0) is 31.1. The SMILES string of the molecule is CCCCP12(c3ccccc3)[O][Sb]([O]1)[O]2.CCCCP12(c3ccccc3)[O][Sb]([O]1)[O]2.CCCCP12(c3ccccc3)[O][Sb]([O]1)[O]2. The van der Waals surface area contributed by atoms with E-state index in [4.69, 9.17) is 25.2 Å². The molecule has 0 spiro atoms. The molecule has 0 aliphatic carbocycles. The minimum atomic E-state index is -2.69. The molecule has 0 amide bonds. The topological polar surface area (TPSA) is 83.1 Å². The molecule has 0 radical (unpaired) electrons. The molecule has 6 bridgehead atoms. The van der Waals surface area contributed by atoms with Gasteiger partial charge in [0.2, 0.25) is 0 Å². The van der Waals surface area contributed by atoms with Crippen LogP contribution in [-0.4, -0.2) is 82.9 Å². The van der Waals surface area contributed by atoms with Crippen LogP contribution in [-0.2, 0) is 25.2 Å². The van der Waals surface area contributed by atoms with Crippen LogP contribution >= 0.6 is 21.9 Å². The maximum absolute atomic E-state index is 5.96. The van der Waals surface area contributed by atoms with Gasteiger partial charge in [-0.05, 0) is 0 Å². The van der Waals surface area contributed by atoms with Crippen LogP contribution in [0, 0.1) is 0 Å². The summed E-state index contributed by atoms with van der Waals surface area (Å²) in [6.45, 7) is 6.54. The predicted molar refractivity (Wildman–Crippen MR) is 185 cm³/mol. The Bertz CT molecular complexity index is 1270. The van der Waals surface area contributed by atoms with Crippen molar-refractivity contribution in [1.29, 1.82) is 0 Å². The van der Waals surface area contributed by atoms with Crippen LogP contribution in [0.25, 0.3) is 0 Å². The first kappa shape index (κ1) is 34.5. The van der Waals surface area contributed by atoms with E-state index in [1.54, 1.807) is 0 Å². The average molecular weight is 1000 g/mol. The third-order valence-electron chi connectivity index (χ3n) is 8.54. The number of rotatable bonds is 12. The standard InChI is InChI=1S/3C10H14O3P.3Sb/c3*1-2-3-9-14(11,12,13)10-7-5-4-6-8-10;;;/h3*4-8H,2-3,9H2,1H3;;;/q3*-3;3*+3. The third-order valence-corrected chi connectivity index (χ3v) is 55.6. The zero-order valence-electron chi connectivity index (χ0n) is 25.9. The van der Waals surface area contributed by atoms with E-state index in [1.165, 1.54) is 0 Å². The van der Waals surface area contributed by atoms with Crippen LogP contribution in [0.3, 0.4) is 0 Å². The summed E-state index contributed by atoms with van der Waals surface area (Å²) in [5.41, 5.74) is 0. The summed E-state index contributed by atoms with van der Waals surface area (Å²) in [5.74, 6) is 0. The van der Waals surface area contributed by atoms with Gasteiger partial charge in [0.15, 0.2) is 0 Å². The van der Waals surface area contributed by atoms with Crippen LogP contribution < -0.4 is 15.9 Å². The summed E-state index contributed by atoms with van der Waals surface area (Å²) >= 11 is -6.03. The van der Waals surface area contributed by atoms with E-state index in [0.717, 1.165) is 72.9 Å². The molecule has 0 aromatic heterocycles. The van der Waals surface area contributed by atoms with Gasteiger partial charge in [-0.1, -0.05) is 0 Å². The molecule has 0 unspecified atom stereocenters. The molecular weight excluding hydrogens is 963 g/mol. The Morgan fingerprint density at radius 1 is 0.378 bits per heavy atom. The molecule has 12 rings (SSSR count). The Kier molecular flexibility index (Phi) is 9.95. The van der Waals surface area contributed by atoms with Gasteiger partial charge in [0.25, 0.3) is 0 Å². The number of unbranched alkanes of at least 4 members (excludes halogenated alkanes) is 3. The van der Waals surface area contributed by atoms with Gasteiger partial charge in [0, 0.05) is 0 Å². The van der Waals surface area contributed by atoms with Crippen LogP contribution in [0.4, 0.5) is 0 Å². The number of hydrogen-bond acceptors (Lipinski definition) is 9. The maximum atomic E-state index is 5.96. The average Bonchev–Trinajstić information content (AvgIpc) is 2.96. The Labute approximate surface area is 293 Å². The summed E-state index contributed by atoms with van der Waals surface area (Å²) in [5, 5.41) is 3.43. The summed E-state index contributed by atoms with van der Waals surface area (Å²) < 4.78 is 53.6. The van der Waals surface area contributed by atoms with Crippen molar-refractivity contribution in [3.05, 3.63) is 91.0 Å². The second-order valence-electron chi connectivity index (χ2n) is 11.8. The Morgan fingerprint density at radius 2 is 0.600 bits per heavy atom. The van der Waals surface area contributed by atoms with E-state index in [-0.39, 0.29) is 0 Å². The molecule has 9 aliphatic heterocycles. The van der Waals surface area contributed by atoms with Crippen molar-refractivity contribution in [3.8, 4) is 0 Å². The first-order valence-electron chi connectivity index (χ1n) is 15.8. The normalized spacial score (nSPS) is 28.2. The quantitative estimate of drug-likeness (QED) is 0.136. The molecule has 3 aromatic rings. The first-order chi connectivity index (χ1) is 21.8. The van der Waals surface area contributed by atoms with E-state index in [0.29, 0.717) is 0 Å². The molecule has 0 atom stereocenters. The van der Waals surface area contributed by atoms with Gasteiger partial charge in [-0.2, -0.15) is 0 Å². The fourth-order valence-corrected chi connectivity index (χ4v) is 50.9. The molecule has 0 saturated carbocycles. The van der Waals surface area contributed by atoms with Crippen LogP contribution in [0.2, 0.25) is 0 Å². The Hall–Kier alpha value is 1.04. The molecule has 9 heterocycles. The van der Waals surface area contributed by atoms with E-state index in [1.807, 2.05) is 54.6 Å². The fourth-order valence-electron chi connectivity index (χ4n) is 5.89. The van der Waals surface area contributed by atoms with Crippen molar-refractivity contribution in [3.63, 3.8) is 0 Å². The molecule has 9 aliphatic rings. The van der Waals surface area contributed by atoms with Gasteiger partial charge < -0.3 is 0 Å². The molecular formula is C30H42O9P3Sb3. The third kappa shape index (κ3) is 5.70. The molecule has 246 valence electrons. The van der Waals surface area contributed by atoms with Crippen molar-refractivity contribution in [1.82, 2.24) is 0 Å². The first-order valence-corrected chi connectivity index (χ1v) is 31.7. The molecule has 9 nitrogen and oxygen atoms in total. The molecule has 3 aromatic carbocycles. The van der Waals surface area contributed by atoms with Crippen LogP contribution in [0.5, 0.6) is 0 Å². The summed E-state index contributed by atoms with van der Waals surface area (Å²) in [6, 6.07) is 30.6. The second-order valence-corrected chi connectivity index (χ2v) is 38.8. The van der Waals surface area contributed by atoms with Crippen LogP contribution in [0.15, 0.2) is 91.0 Å². The molecule has 0 N–H and O–H groups in total. The van der Waals surface area contributed by atoms with Crippen molar-refractivity contribution in [2.24, 2.45) is 0 Å². The van der Waals surface area contributed by atoms with Gasteiger partial charge in [0.1, 0.15) is 0 Å². The van der Waals surface area contributed by atoms with Gasteiger partial charge >= 0.3 is 296 Å². The molecule has 9 saturated heterocycles. The van der Waals surface area contributed by atoms with Crippen molar-refractivity contribution in [2.75, 3.05) is 18.5 Å². The van der Waals surface area contributed by atoms with Gasteiger partial charge in [0.05, 0.1) is 0 Å². The van der Waals surface area contributed by atoms with Gasteiger partial charge in [-0.3, -0.25) is 0 Å². The fraction of sp³-hybridized carbons (Fsp3) is 0.400. The van der Waals surface area contributed by atoms with Gasteiger partial charge in [-0.25, -0.2) is 0 Å². The summed E-state index contributed by atoms with van der Waals surface area (Å²) in [4.78, 5) is 0. The number of hydrogen-bond donors (Lipinski definition) is 0. The van der Waals surface area contributed by atoms with Crippen molar-refractivity contribution >= 4 is 102 Å². The Morgan fingerprint density at radius 3 is 0.756 bits per heavy atom. The van der Waals surface area contributed by atoms with Crippen LogP contribution in [0.1, 0.15) is 59.3 Å². The molecule has 15 heteroatoms. The van der Waals surface area contributed by atoms with E-state index < -0.39 is 86.3 Å². The second kappa shape index (κ2) is 13.0. The molecule has 45 heavy (non-hydrogen) atoms.